The number of hydrogen-bond donors (Lipinski definition) is 1. The van der Waals surface area contributed by atoms with Crippen molar-refractivity contribution < 1.29 is 23.5 Å². The van der Waals surface area contributed by atoms with E-state index in [1.807, 2.05) is 30.3 Å². The molecule has 3 unspecified atom stereocenters. The van der Waals surface area contributed by atoms with E-state index < -0.39 is 29.6 Å². The van der Waals surface area contributed by atoms with Gasteiger partial charge in [0.15, 0.2) is 0 Å². The summed E-state index contributed by atoms with van der Waals surface area (Å²) >= 11 is 0. The van der Waals surface area contributed by atoms with Gasteiger partial charge in [-0.05, 0) is 36.5 Å². The molecule has 1 aliphatic rings. The molecule has 1 aliphatic carbocycles. The fraction of sp³-hybridized carbons (Fsp3) is 0.300. The quantitative estimate of drug-likeness (QED) is 0.858. The summed E-state index contributed by atoms with van der Waals surface area (Å²) in [5.74, 6) is -3.59. The summed E-state index contributed by atoms with van der Waals surface area (Å²) in [6.45, 7) is 1.63. The predicted molar refractivity (Wildman–Crippen MR) is 91.3 cm³/mol. The van der Waals surface area contributed by atoms with Crippen LogP contribution in [0.15, 0.2) is 48.5 Å². The van der Waals surface area contributed by atoms with Gasteiger partial charge in [0.2, 0.25) is 5.91 Å². The van der Waals surface area contributed by atoms with Crippen LogP contribution in [-0.2, 0) is 16.1 Å². The van der Waals surface area contributed by atoms with E-state index in [0.29, 0.717) is 12.0 Å². The van der Waals surface area contributed by atoms with Crippen molar-refractivity contribution in [3.05, 3.63) is 71.3 Å². The lowest BCUT2D eigenvalue weighted by Gasteiger charge is -2.27. The van der Waals surface area contributed by atoms with Crippen LogP contribution in [0, 0.1) is 17.6 Å². The summed E-state index contributed by atoms with van der Waals surface area (Å²) in [5, 5.41) is 9.34. The second-order valence-electron chi connectivity index (χ2n) is 6.58. The van der Waals surface area contributed by atoms with Crippen LogP contribution in [0.1, 0.15) is 30.4 Å². The van der Waals surface area contributed by atoms with Gasteiger partial charge in [0.05, 0.1) is 0 Å². The fourth-order valence-electron chi connectivity index (χ4n) is 3.15. The largest absolute Gasteiger partial charge is 0.480 e. The average Bonchev–Trinajstić information content (AvgIpc) is 3.39. The first-order chi connectivity index (χ1) is 12.4. The van der Waals surface area contributed by atoms with Crippen LogP contribution < -0.4 is 0 Å². The molecule has 0 bridgehead atoms. The molecule has 0 saturated heterocycles. The molecule has 1 fully saturated rings. The van der Waals surface area contributed by atoms with Gasteiger partial charge in [0, 0.05) is 18.5 Å². The molecule has 0 heterocycles. The summed E-state index contributed by atoms with van der Waals surface area (Å²) in [6.07, 6.45) is 0.430. The Morgan fingerprint density at radius 2 is 1.88 bits per heavy atom. The minimum absolute atomic E-state index is 0.169. The van der Waals surface area contributed by atoms with E-state index in [0.717, 1.165) is 11.6 Å². The van der Waals surface area contributed by atoms with E-state index in [4.69, 9.17) is 0 Å². The van der Waals surface area contributed by atoms with E-state index in [-0.39, 0.29) is 18.4 Å². The van der Waals surface area contributed by atoms with E-state index in [1.54, 1.807) is 0 Å². The molecule has 0 aromatic heterocycles. The predicted octanol–water partition coefficient (Wildman–Crippen LogP) is 3.57. The fourth-order valence-corrected chi connectivity index (χ4v) is 3.15. The molecule has 136 valence electrons. The molecule has 2 aromatic carbocycles. The zero-order chi connectivity index (χ0) is 18.8. The molecule has 4 nitrogen and oxygen atoms in total. The number of benzene rings is 2. The second-order valence-corrected chi connectivity index (χ2v) is 6.58. The smallest absolute Gasteiger partial charge is 0.326 e. The van der Waals surface area contributed by atoms with E-state index in [1.165, 1.54) is 24.0 Å². The monoisotopic (exact) mass is 359 g/mol. The molecule has 1 N–H and O–H groups in total. The number of carbonyl (C=O) groups excluding carboxylic acids is 1. The van der Waals surface area contributed by atoms with Crippen molar-refractivity contribution in [2.24, 2.45) is 5.92 Å². The Kier molecular flexibility index (Phi) is 5.02. The first kappa shape index (κ1) is 18.0. The Morgan fingerprint density at radius 1 is 1.19 bits per heavy atom. The van der Waals surface area contributed by atoms with Gasteiger partial charge in [0.25, 0.3) is 0 Å². The second kappa shape index (κ2) is 7.23. The molecule has 0 aliphatic heterocycles. The highest BCUT2D eigenvalue weighted by Crippen LogP contribution is 2.49. The Labute approximate surface area is 150 Å². The number of halogens is 2. The molecule has 2 aromatic rings. The van der Waals surface area contributed by atoms with E-state index in [9.17, 15) is 23.5 Å². The summed E-state index contributed by atoms with van der Waals surface area (Å²) in [5.41, 5.74) is 1.12. The van der Waals surface area contributed by atoms with Crippen LogP contribution in [0.3, 0.4) is 0 Å². The van der Waals surface area contributed by atoms with Gasteiger partial charge in [0.1, 0.15) is 17.7 Å². The molecule has 3 rings (SSSR count). The molecule has 0 spiro atoms. The molecule has 1 saturated carbocycles. The number of amides is 1. The van der Waals surface area contributed by atoms with E-state index in [2.05, 4.69) is 0 Å². The number of carboxylic acids is 1. The lowest BCUT2D eigenvalue weighted by Crippen LogP contribution is -2.43. The zero-order valence-corrected chi connectivity index (χ0v) is 14.2. The van der Waals surface area contributed by atoms with Crippen molar-refractivity contribution >= 4 is 11.9 Å². The maximum Gasteiger partial charge on any atom is 0.326 e. The van der Waals surface area contributed by atoms with Crippen LogP contribution in [0.25, 0.3) is 0 Å². The number of rotatable bonds is 6. The standard InChI is InChI=1S/C20H19F2NO3/c1-12(20(25)26)23(11-13-5-3-2-4-6-13)19(24)17-10-16(17)15-8-7-14(21)9-18(15)22/h2-9,12,16-17H,10-11H2,1H3,(H,25,26). The van der Waals surface area contributed by atoms with Crippen LogP contribution >= 0.6 is 0 Å². The van der Waals surface area contributed by atoms with Crippen LogP contribution in [-0.4, -0.2) is 27.9 Å². The Balaban J connectivity index is 1.79. The molecule has 3 atom stereocenters. The first-order valence-corrected chi connectivity index (χ1v) is 8.40. The summed E-state index contributed by atoms with van der Waals surface area (Å²) in [7, 11) is 0. The normalized spacial score (nSPS) is 19.7. The zero-order valence-electron chi connectivity index (χ0n) is 14.2. The van der Waals surface area contributed by atoms with Gasteiger partial charge in [-0.15, -0.1) is 0 Å². The molecular weight excluding hydrogens is 340 g/mol. The minimum Gasteiger partial charge on any atom is -0.480 e. The van der Waals surface area contributed by atoms with Crippen molar-refractivity contribution in [3.8, 4) is 0 Å². The third-order valence-corrected chi connectivity index (χ3v) is 4.77. The Hall–Kier alpha value is -2.76. The summed E-state index contributed by atoms with van der Waals surface area (Å²) < 4.78 is 27.0. The van der Waals surface area contributed by atoms with Gasteiger partial charge in [-0.1, -0.05) is 36.4 Å². The molecule has 6 heteroatoms. The van der Waals surface area contributed by atoms with Crippen LogP contribution in [0.4, 0.5) is 8.78 Å². The SMILES string of the molecule is CC(C(=O)O)N(Cc1ccccc1)C(=O)C1CC1c1ccc(F)cc1F. The topological polar surface area (TPSA) is 57.6 Å². The van der Waals surface area contributed by atoms with Crippen LogP contribution in [0.2, 0.25) is 0 Å². The highest BCUT2D eigenvalue weighted by molar-refractivity contribution is 5.87. The number of hydrogen-bond acceptors (Lipinski definition) is 2. The first-order valence-electron chi connectivity index (χ1n) is 8.40. The van der Waals surface area contributed by atoms with Crippen molar-refractivity contribution in [2.75, 3.05) is 0 Å². The lowest BCUT2D eigenvalue weighted by atomic mass is 10.1. The van der Waals surface area contributed by atoms with Crippen molar-refractivity contribution in [3.63, 3.8) is 0 Å². The van der Waals surface area contributed by atoms with Gasteiger partial charge in [-0.3, -0.25) is 4.79 Å². The van der Waals surface area contributed by atoms with Crippen LogP contribution in [0.5, 0.6) is 0 Å². The lowest BCUT2D eigenvalue weighted by molar-refractivity contribution is -0.150. The van der Waals surface area contributed by atoms with Crippen molar-refractivity contribution in [2.45, 2.75) is 31.8 Å². The molecule has 0 radical (unpaired) electrons. The molecule has 1 amide bonds. The van der Waals surface area contributed by atoms with Gasteiger partial charge in [-0.25, -0.2) is 13.6 Å². The Morgan fingerprint density at radius 3 is 2.50 bits per heavy atom. The minimum atomic E-state index is -1.10. The number of nitrogens with zero attached hydrogens (tertiary/aromatic N) is 1. The van der Waals surface area contributed by atoms with E-state index >= 15 is 0 Å². The third kappa shape index (κ3) is 3.74. The van der Waals surface area contributed by atoms with Crippen molar-refractivity contribution in [1.82, 2.24) is 4.90 Å². The maximum atomic E-state index is 14.0. The number of carboxylic acid groups (broad SMARTS) is 1. The van der Waals surface area contributed by atoms with Crippen molar-refractivity contribution in [1.29, 1.82) is 0 Å². The summed E-state index contributed by atoms with van der Waals surface area (Å²) in [4.78, 5) is 25.6. The maximum absolute atomic E-state index is 14.0. The van der Waals surface area contributed by atoms with Gasteiger partial charge in [-0.2, -0.15) is 0 Å². The highest BCUT2D eigenvalue weighted by atomic mass is 19.1. The molecule has 26 heavy (non-hydrogen) atoms. The number of aliphatic carboxylic acids is 1. The highest BCUT2D eigenvalue weighted by Gasteiger charge is 2.48. The average molecular weight is 359 g/mol. The third-order valence-electron chi connectivity index (χ3n) is 4.77. The summed E-state index contributed by atoms with van der Waals surface area (Å²) in [6, 6.07) is 11.4. The van der Waals surface area contributed by atoms with Gasteiger partial charge < -0.3 is 10.0 Å². The number of carbonyl (C=O) groups is 2. The van der Waals surface area contributed by atoms with Gasteiger partial charge >= 0.3 is 5.97 Å². The molecular formula is C20H19F2NO3. The Bertz CT molecular complexity index is 825.